The lowest BCUT2D eigenvalue weighted by molar-refractivity contribution is 0.156. The van der Waals surface area contributed by atoms with E-state index in [1.54, 1.807) is 29.9 Å². The molecule has 4 aromatic rings. The van der Waals surface area contributed by atoms with Crippen molar-refractivity contribution in [3.05, 3.63) is 93.0 Å². The van der Waals surface area contributed by atoms with Gasteiger partial charge in [0.2, 0.25) is 5.62 Å². The minimum atomic E-state index is -0.844. The summed E-state index contributed by atoms with van der Waals surface area (Å²) in [6.45, 7) is 2.82. The van der Waals surface area contributed by atoms with Gasteiger partial charge in [0.15, 0.2) is 0 Å². The van der Waals surface area contributed by atoms with E-state index in [1.165, 1.54) is 0 Å². The molecule has 1 aromatic heterocycles. The van der Waals surface area contributed by atoms with Crippen molar-refractivity contribution in [2.75, 3.05) is 7.11 Å². The number of rotatable bonds is 6. The number of aromatic nitrogens is 2. The molecule has 1 atom stereocenters. The van der Waals surface area contributed by atoms with Crippen molar-refractivity contribution >= 4 is 34.2 Å². The number of aryl methyl sites for hydroxylation is 1. The van der Waals surface area contributed by atoms with Crippen molar-refractivity contribution in [2.45, 2.75) is 26.1 Å². The summed E-state index contributed by atoms with van der Waals surface area (Å²) in [4.78, 5) is 0. The van der Waals surface area contributed by atoms with Crippen LogP contribution in [0.3, 0.4) is 0 Å². The van der Waals surface area contributed by atoms with Gasteiger partial charge in [-0.2, -0.15) is 0 Å². The molecule has 0 aliphatic heterocycles. The topological polar surface area (TPSA) is 63.2 Å². The molecule has 1 unspecified atom stereocenters. The summed E-state index contributed by atoms with van der Waals surface area (Å²) in [5, 5.41) is 20.6. The number of fused-ring (bicyclic) bond motifs is 1. The largest absolute Gasteiger partial charge is 0.497 e. The van der Waals surface area contributed by atoms with E-state index < -0.39 is 6.10 Å². The summed E-state index contributed by atoms with van der Waals surface area (Å²) >= 11 is 12.1. The van der Waals surface area contributed by atoms with Crippen molar-refractivity contribution in [2.24, 2.45) is 0 Å². The van der Waals surface area contributed by atoms with Gasteiger partial charge in [0.1, 0.15) is 5.75 Å². The number of benzene rings is 3. The van der Waals surface area contributed by atoms with Gasteiger partial charge in [0, 0.05) is 6.07 Å². The Hall–Kier alpha value is -2.73. The van der Waals surface area contributed by atoms with Gasteiger partial charge in [0.05, 0.1) is 47.4 Å². The molecule has 0 bridgehead atoms. The number of methoxy groups -OCH3 is 1. The maximum atomic E-state index is 10.9. The molecule has 0 amide bonds. The van der Waals surface area contributed by atoms with Gasteiger partial charge in [-0.1, -0.05) is 53.5 Å². The normalized spacial score (nSPS) is 12.3. The Bertz CT molecular complexity index is 1310. The van der Waals surface area contributed by atoms with Crippen molar-refractivity contribution in [3.63, 3.8) is 0 Å². The van der Waals surface area contributed by atoms with E-state index in [0.717, 1.165) is 22.2 Å². The maximum Gasteiger partial charge on any atom is 0.203 e. The molecular weight excluding hydrogens is 433 g/mol. The highest BCUT2D eigenvalue weighted by Crippen LogP contribution is 2.28. The predicted molar refractivity (Wildman–Crippen MR) is 124 cm³/mol. The number of hydrogen-bond donors (Lipinski definition) is 2. The summed E-state index contributed by atoms with van der Waals surface area (Å²) < 4.78 is 9.15. The summed E-state index contributed by atoms with van der Waals surface area (Å²) in [5.74, 6) is 0.716. The number of aliphatic hydroxyl groups excluding tert-OH is 1. The fraction of sp³-hybridized carbons (Fsp3) is 0.208. The van der Waals surface area contributed by atoms with E-state index >= 15 is 0 Å². The summed E-state index contributed by atoms with van der Waals surface area (Å²) in [6.07, 6.45) is -0.844. The van der Waals surface area contributed by atoms with Crippen LogP contribution < -0.4 is 10.4 Å². The number of imidazole rings is 1. The standard InChI is InChI=1S/C24H23Cl2N3O2/c1-15-5-3-4-6-17(15)13-28-22-12-18(31-2)8-10-21(22)29(24(28)27)14-23(30)16-7-9-19(25)20(26)11-16/h3-12,23,27,30H,13-14H2,1-2H3. The average molecular weight is 456 g/mol. The first-order valence-electron chi connectivity index (χ1n) is 9.88. The van der Waals surface area contributed by atoms with Crippen LogP contribution in [0.4, 0.5) is 0 Å². The molecule has 0 aliphatic rings. The molecule has 160 valence electrons. The van der Waals surface area contributed by atoms with E-state index in [-0.39, 0.29) is 6.54 Å². The Morgan fingerprint density at radius 2 is 1.74 bits per heavy atom. The third kappa shape index (κ3) is 4.22. The van der Waals surface area contributed by atoms with Crippen LogP contribution in [0.1, 0.15) is 22.8 Å². The fourth-order valence-electron chi connectivity index (χ4n) is 3.75. The average Bonchev–Trinajstić information content (AvgIpc) is 3.02. The van der Waals surface area contributed by atoms with Crippen LogP contribution in [0.25, 0.3) is 11.0 Å². The molecule has 5 nitrogen and oxygen atoms in total. The minimum Gasteiger partial charge on any atom is -0.497 e. The maximum absolute atomic E-state index is 10.9. The first-order chi connectivity index (χ1) is 14.9. The second-order valence-corrected chi connectivity index (χ2v) is 8.31. The smallest absolute Gasteiger partial charge is 0.203 e. The SMILES string of the molecule is COc1ccc2c(c1)n(Cc1ccccc1C)c(=N)n2CC(O)c1ccc(Cl)c(Cl)c1. The Morgan fingerprint density at radius 1 is 0.968 bits per heavy atom. The van der Waals surface area contributed by atoms with Crippen LogP contribution in [0, 0.1) is 12.3 Å². The molecular formula is C24H23Cl2N3O2. The third-order valence-corrected chi connectivity index (χ3v) is 6.29. The van der Waals surface area contributed by atoms with Gasteiger partial charge in [-0.05, 0) is 47.9 Å². The van der Waals surface area contributed by atoms with Crippen molar-refractivity contribution in [1.82, 2.24) is 9.13 Å². The van der Waals surface area contributed by atoms with Crippen molar-refractivity contribution < 1.29 is 9.84 Å². The van der Waals surface area contributed by atoms with Crippen LogP contribution in [0.15, 0.2) is 60.7 Å². The number of hydrogen-bond acceptors (Lipinski definition) is 3. The molecule has 0 spiro atoms. The second kappa shape index (κ2) is 8.79. The number of aliphatic hydroxyl groups is 1. The molecule has 0 radical (unpaired) electrons. The fourth-order valence-corrected chi connectivity index (χ4v) is 4.06. The number of ether oxygens (including phenoxy) is 1. The number of nitrogens with zero attached hydrogens (tertiary/aromatic N) is 2. The van der Waals surface area contributed by atoms with Gasteiger partial charge in [-0.3, -0.25) is 5.41 Å². The van der Waals surface area contributed by atoms with Gasteiger partial charge >= 0.3 is 0 Å². The lowest BCUT2D eigenvalue weighted by Crippen LogP contribution is -2.27. The summed E-state index contributed by atoms with van der Waals surface area (Å²) in [6, 6.07) is 18.9. The van der Waals surface area contributed by atoms with Crippen LogP contribution in [-0.4, -0.2) is 21.4 Å². The summed E-state index contributed by atoms with van der Waals surface area (Å²) in [5.41, 5.74) is 4.95. The molecule has 3 aromatic carbocycles. The van der Waals surface area contributed by atoms with E-state index in [2.05, 4.69) is 19.1 Å². The van der Waals surface area contributed by atoms with E-state index in [1.807, 2.05) is 34.9 Å². The van der Waals surface area contributed by atoms with E-state index in [9.17, 15) is 5.11 Å². The zero-order valence-corrected chi connectivity index (χ0v) is 18.8. The third-order valence-electron chi connectivity index (χ3n) is 5.55. The van der Waals surface area contributed by atoms with Crippen LogP contribution in [0.5, 0.6) is 5.75 Å². The molecule has 1 heterocycles. The summed E-state index contributed by atoms with van der Waals surface area (Å²) in [7, 11) is 1.62. The lowest BCUT2D eigenvalue weighted by atomic mass is 10.1. The second-order valence-electron chi connectivity index (χ2n) is 7.49. The Morgan fingerprint density at radius 3 is 2.45 bits per heavy atom. The van der Waals surface area contributed by atoms with E-state index in [0.29, 0.717) is 33.5 Å². The Balaban J connectivity index is 1.80. The predicted octanol–water partition coefficient (Wildman–Crippen LogP) is 5.33. The van der Waals surface area contributed by atoms with Crippen molar-refractivity contribution in [3.8, 4) is 5.75 Å². The molecule has 0 saturated carbocycles. The highest BCUT2D eigenvalue weighted by molar-refractivity contribution is 6.42. The molecule has 0 fully saturated rings. The zero-order chi connectivity index (χ0) is 22.1. The highest BCUT2D eigenvalue weighted by Gasteiger charge is 2.17. The number of nitrogens with one attached hydrogen (secondary N) is 1. The monoisotopic (exact) mass is 455 g/mol. The van der Waals surface area contributed by atoms with Crippen LogP contribution in [-0.2, 0) is 13.1 Å². The quantitative estimate of drug-likeness (QED) is 0.412. The Kier molecular flexibility index (Phi) is 6.10. The molecule has 31 heavy (non-hydrogen) atoms. The minimum absolute atomic E-state index is 0.209. The molecule has 2 N–H and O–H groups in total. The van der Waals surface area contributed by atoms with Crippen molar-refractivity contribution in [1.29, 1.82) is 5.41 Å². The van der Waals surface area contributed by atoms with Gasteiger partial charge < -0.3 is 19.0 Å². The van der Waals surface area contributed by atoms with Gasteiger partial charge in [-0.15, -0.1) is 0 Å². The van der Waals surface area contributed by atoms with E-state index in [4.69, 9.17) is 33.3 Å². The first kappa shape index (κ1) is 21.5. The highest BCUT2D eigenvalue weighted by atomic mass is 35.5. The van der Waals surface area contributed by atoms with Crippen LogP contribution in [0.2, 0.25) is 10.0 Å². The molecule has 7 heteroatoms. The molecule has 4 rings (SSSR count). The first-order valence-corrected chi connectivity index (χ1v) is 10.6. The zero-order valence-electron chi connectivity index (χ0n) is 17.3. The Labute approximate surface area is 190 Å². The van der Waals surface area contributed by atoms with Gasteiger partial charge in [-0.25, -0.2) is 0 Å². The van der Waals surface area contributed by atoms with Gasteiger partial charge in [0.25, 0.3) is 0 Å². The molecule has 0 saturated heterocycles. The van der Waals surface area contributed by atoms with Crippen LogP contribution >= 0.6 is 23.2 Å². The molecule has 0 aliphatic carbocycles. The lowest BCUT2D eigenvalue weighted by Gasteiger charge is -2.14. The number of halogens is 2.